The second-order valence-corrected chi connectivity index (χ2v) is 6.27. The fourth-order valence-corrected chi connectivity index (χ4v) is 3.18. The lowest BCUT2D eigenvalue weighted by Crippen LogP contribution is -2.02. The van der Waals surface area contributed by atoms with Gasteiger partial charge in [-0.25, -0.2) is 14.3 Å². The molecular formula is C20H20N2O4. The first kappa shape index (κ1) is 17.7. The summed E-state index contributed by atoms with van der Waals surface area (Å²) < 4.78 is 12.0. The Morgan fingerprint density at radius 2 is 1.65 bits per heavy atom. The summed E-state index contributed by atoms with van der Waals surface area (Å²) in [7, 11) is 1.53. The van der Waals surface area contributed by atoms with Crippen molar-refractivity contribution >= 4 is 17.5 Å². The molecule has 1 saturated heterocycles. The van der Waals surface area contributed by atoms with Gasteiger partial charge in [0.15, 0.2) is 0 Å². The Bertz CT molecular complexity index is 961. The van der Waals surface area contributed by atoms with E-state index in [1.54, 1.807) is 25.5 Å². The smallest absolute Gasteiger partial charge is 0.347 e. The molecule has 1 aromatic carbocycles. The lowest BCUT2D eigenvalue weighted by molar-refractivity contribution is -0.149. The zero-order valence-electron chi connectivity index (χ0n) is 15.4. The van der Waals surface area contributed by atoms with Gasteiger partial charge in [-0.15, -0.1) is 5.10 Å². The number of carbonyl (C=O) groups is 2. The molecule has 6 heteroatoms. The van der Waals surface area contributed by atoms with Gasteiger partial charge >= 0.3 is 11.9 Å². The molecule has 0 aliphatic carbocycles. The first-order chi connectivity index (χ1) is 12.4. The summed E-state index contributed by atoms with van der Waals surface area (Å²) in [5.41, 5.74) is 4.26. The Kier molecular flexibility index (Phi) is 4.50. The fraction of sp³-hybridized carbons (Fsp3) is 0.250. The Morgan fingerprint density at radius 1 is 1.04 bits per heavy atom. The van der Waals surface area contributed by atoms with Crippen LogP contribution in [0, 0.1) is 6.92 Å². The van der Waals surface area contributed by atoms with Crippen LogP contribution in [0.3, 0.4) is 0 Å². The summed E-state index contributed by atoms with van der Waals surface area (Å²) in [5.74, 6) is -0.870. The molecule has 2 heterocycles. The molecule has 1 aliphatic heterocycles. The van der Waals surface area contributed by atoms with Crippen molar-refractivity contribution < 1.29 is 19.1 Å². The predicted octanol–water partition coefficient (Wildman–Crippen LogP) is 3.38. The maximum atomic E-state index is 12.3. The molecule has 0 spiro atoms. The van der Waals surface area contributed by atoms with E-state index in [0.717, 1.165) is 17.0 Å². The van der Waals surface area contributed by atoms with Gasteiger partial charge in [0.05, 0.1) is 35.2 Å². The number of carbonyl (C=O) groups excluding carboxylic acids is 2. The van der Waals surface area contributed by atoms with E-state index in [0.29, 0.717) is 22.6 Å². The monoisotopic (exact) mass is 352 g/mol. The van der Waals surface area contributed by atoms with E-state index in [-0.39, 0.29) is 5.57 Å². The maximum Gasteiger partial charge on any atom is 0.347 e. The predicted molar refractivity (Wildman–Crippen MR) is 96.9 cm³/mol. The normalized spacial score (nSPS) is 16.0. The number of aromatic nitrogens is 2. The maximum absolute atomic E-state index is 12.3. The Labute approximate surface area is 151 Å². The standard InChI is InChI=1S/C20H20N2O4/c1-11(2)15-17(20(24)26-19(15)23)12(3)16-13(4)22(21-18(16)25-5)14-9-7-6-8-10-14/h6-10H,1-5H3/b17-12+. The van der Waals surface area contributed by atoms with Crippen LogP contribution < -0.4 is 4.74 Å². The molecule has 0 amide bonds. The molecule has 3 rings (SSSR count). The first-order valence-electron chi connectivity index (χ1n) is 8.21. The van der Waals surface area contributed by atoms with Crippen molar-refractivity contribution in [3.05, 3.63) is 58.3 Å². The quantitative estimate of drug-likeness (QED) is 0.481. The van der Waals surface area contributed by atoms with E-state index in [2.05, 4.69) is 5.10 Å². The highest BCUT2D eigenvalue weighted by atomic mass is 16.6. The van der Waals surface area contributed by atoms with Crippen LogP contribution in [0.1, 0.15) is 32.0 Å². The van der Waals surface area contributed by atoms with Crippen molar-refractivity contribution in [1.29, 1.82) is 0 Å². The zero-order chi connectivity index (χ0) is 19.0. The molecule has 0 bridgehead atoms. The molecule has 0 atom stereocenters. The van der Waals surface area contributed by atoms with Gasteiger partial charge in [0.2, 0.25) is 5.88 Å². The first-order valence-corrected chi connectivity index (χ1v) is 8.21. The van der Waals surface area contributed by atoms with Gasteiger partial charge in [0.1, 0.15) is 0 Å². The minimum absolute atomic E-state index is 0.268. The number of methoxy groups -OCH3 is 1. The van der Waals surface area contributed by atoms with Gasteiger partial charge in [-0.3, -0.25) is 0 Å². The summed E-state index contributed by atoms with van der Waals surface area (Å²) in [5, 5.41) is 4.51. The van der Waals surface area contributed by atoms with E-state index < -0.39 is 11.9 Å². The minimum atomic E-state index is -0.641. The number of benzene rings is 1. The van der Waals surface area contributed by atoms with E-state index in [1.807, 2.05) is 37.3 Å². The molecule has 0 unspecified atom stereocenters. The van der Waals surface area contributed by atoms with Crippen LogP contribution in [0.15, 0.2) is 47.1 Å². The second kappa shape index (κ2) is 6.63. The molecule has 0 N–H and O–H groups in total. The van der Waals surface area contributed by atoms with E-state index in [4.69, 9.17) is 9.47 Å². The SMILES string of the molecule is COc1nn(-c2ccccc2)c(C)c1/C(C)=C1/C(=O)OC(=O)C1=C(C)C. The van der Waals surface area contributed by atoms with E-state index in [9.17, 15) is 9.59 Å². The van der Waals surface area contributed by atoms with Gasteiger partial charge in [-0.1, -0.05) is 23.8 Å². The molecule has 134 valence electrons. The lowest BCUT2D eigenvalue weighted by atomic mass is 9.95. The Hall–Kier alpha value is -3.15. The Morgan fingerprint density at radius 3 is 2.23 bits per heavy atom. The summed E-state index contributed by atoms with van der Waals surface area (Å²) >= 11 is 0. The largest absolute Gasteiger partial charge is 0.479 e. The van der Waals surface area contributed by atoms with Crippen LogP contribution in [-0.2, 0) is 14.3 Å². The molecule has 26 heavy (non-hydrogen) atoms. The molecule has 1 fully saturated rings. The van der Waals surface area contributed by atoms with Crippen molar-refractivity contribution in [3.63, 3.8) is 0 Å². The molecule has 0 radical (unpaired) electrons. The van der Waals surface area contributed by atoms with Crippen molar-refractivity contribution in [2.24, 2.45) is 0 Å². The summed E-state index contributed by atoms with van der Waals surface area (Å²) in [6, 6.07) is 9.63. The molecule has 1 aliphatic rings. The lowest BCUT2D eigenvalue weighted by Gasteiger charge is -2.08. The topological polar surface area (TPSA) is 70.4 Å². The van der Waals surface area contributed by atoms with Crippen molar-refractivity contribution in [3.8, 4) is 11.6 Å². The number of para-hydroxylation sites is 1. The molecule has 6 nitrogen and oxygen atoms in total. The minimum Gasteiger partial charge on any atom is -0.479 e. The van der Waals surface area contributed by atoms with Gasteiger partial charge in [-0.2, -0.15) is 0 Å². The highest BCUT2D eigenvalue weighted by Gasteiger charge is 2.37. The summed E-state index contributed by atoms with van der Waals surface area (Å²) in [6.07, 6.45) is 0. The van der Waals surface area contributed by atoms with Gasteiger partial charge in [0.25, 0.3) is 0 Å². The number of nitrogens with zero attached hydrogens (tertiary/aromatic N) is 2. The number of rotatable bonds is 3. The highest BCUT2D eigenvalue weighted by Crippen LogP contribution is 2.37. The third-order valence-corrected chi connectivity index (χ3v) is 4.37. The van der Waals surface area contributed by atoms with Crippen molar-refractivity contribution in [2.75, 3.05) is 7.11 Å². The molecular weight excluding hydrogens is 332 g/mol. The van der Waals surface area contributed by atoms with E-state index in [1.165, 1.54) is 7.11 Å². The number of ether oxygens (including phenoxy) is 2. The van der Waals surface area contributed by atoms with Crippen LogP contribution in [0.5, 0.6) is 5.88 Å². The molecule has 0 saturated carbocycles. The fourth-order valence-electron chi connectivity index (χ4n) is 3.18. The molecule has 2 aromatic rings. The van der Waals surface area contributed by atoms with Crippen LogP contribution in [0.2, 0.25) is 0 Å². The van der Waals surface area contributed by atoms with Gasteiger partial charge < -0.3 is 9.47 Å². The highest BCUT2D eigenvalue weighted by molar-refractivity contribution is 6.22. The van der Waals surface area contributed by atoms with Gasteiger partial charge in [-0.05, 0) is 45.4 Å². The number of cyclic esters (lactones) is 2. The van der Waals surface area contributed by atoms with Gasteiger partial charge in [0, 0.05) is 0 Å². The van der Waals surface area contributed by atoms with Crippen LogP contribution in [0.25, 0.3) is 11.3 Å². The Balaban J connectivity index is 2.27. The van der Waals surface area contributed by atoms with E-state index >= 15 is 0 Å². The number of hydrogen-bond donors (Lipinski definition) is 0. The van der Waals surface area contributed by atoms with Crippen molar-refractivity contribution in [2.45, 2.75) is 27.7 Å². The molecule has 1 aromatic heterocycles. The van der Waals surface area contributed by atoms with Crippen LogP contribution >= 0.6 is 0 Å². The van der Waals surface area contributed by atoms with Crippen LogP contribution in [-0.4, -0.2) is 28.8 Å². The third-order valence-electron chi connectivity index (χ3n) is 4.37. The number of esters is 2. The zero-order valence-corrected chi connectivity index (χ0v) is 15.4. The number of hydrogen-bond acceptors (Lipinski definition) is 5. The average molecular weight is 352 g/mol. The van der Waals surface area contributed by atoms with Crippen LogP contribution in [0.4, 0.5) is 0 Å². The second-order valence-electron chi connectivity index (χ2n) is 6.27. The van der Waals surface area contributed by atoms with Crippen molar-refractivity contribution in [1.82, 2.24) is 9.78 Å². The summed E-state index contributed by atoms with van der Waals surface area (Å²) in [4.78, 5) is 24.4. The number of allylic oxidation sites excluding steroid dienone is 2. The average Bonchev–Trinajstić information content (AvgIpc) is 3.11. The summed E-state index contributed by atoms with van der Waals surface area (Å²) in [6.45, 7) is 7.23. The third kappa shape index (κ3) is 2.73.